The van der Waals surface area contributed by atoms with Crippen LogP contribution in [0.25, 0.3) is 0 Å². The molecule has 1 aromatic rings. The van der Waals surface area contributed by atoms with Crippen LogP contribution in [0.15, 0.2) is 23.4 Å². The second-order valence-electron chi connectivity index (χ2n) is 4.80. The van der Waals surface area contributed by atoms with Crippen molar-refractivity contribution in [2.45, 2.75) is 25.3 Å². The number of nitrogens with one attached hydrogen (secondary N) is 1. The zero-order chi connectivity index (χ0) is 14.7. The normalized spacial score (nSPS) is 22.8. The van der Waals surface area contributed by atoms with Crippen LogP contribution in [0.3, 0.4) is 0 Å². The van der Waals surface area contributed by atoms with E-state index in [9.17, 15) is 14.3 Å². The van der Waals surface area contributed by atoms with E-state index >= 15 is 0 Å². The minimum absolute atomic E-state index is 0.00319. The van der Waals surface area contributed by atoms with E-state index in [0.717, 1.165) is 25.0 Å². The van der Waals surface area contributed by atoms with Gasteiger partial charge in [-0.15, -0.1) is 0 Å². The van der Waals surface area contributed by atoms with Crippen molar-refractivity contribution in [2.24, 2.45) is 16.8 Å². The number of phenols is 1. The largest absolute Gasteiger partial charge is 0.507 e. The van der Waals surface area contributed by atoms with E-state index in [4.69, 9.17) is 10.9 Å². The van der Waals surface area contributed by atoms with Crippen LogP contribution in [0.1, 0.15) is 29.6 Å². The van der Waals surface area contributed by atoms with Gasteiger partial charge < -0.3 is 21.4 Å². The molecule has 1 fully saturated rings. The van der Waals surface area contributed by atoms with Crippen LogP contribution in [-0.2, 0) is 0 Å². The van der Waals surface area contributed by atoms with E-state index in [1.165, 1.54) is 6.07 Å². The minimum atomic E-state index is -0.616. The van der Waals surface area contributed by atoms with E-state index < -0.39 is 17.5 Å². The Morgan fingerprint density at radius 3 is 2.85 bits per heavy atom. The summed E-state index contributed by atoms with van der Waals surface area (Å²) in [6.07, 6.45) is 2.27. The highest BCUT2D eigenvalue weighted by Crippen LogP contribution is 2.27. The van der Waals surface area contributed by atoms with Crippen molar-refractivity contribution in [3.8, 4) is 5.75 Å². The van der Waals surface area contributed by atoms with Crippen LogP contribution >= 0.6 is 0 Å². The lowest BCUT2D eigenvalue weighted by atomic mass is 10.0. The molecule has 0 saturated heterocycles. The number of nitrogens with zero attached hydrogens (tertiary/aromatic N) is 1. The van der Waals surface area contributed by atoms with Crippen molar-refractivity contribution in [1.29, 1.82) is 0 Å². The number of nitrogens with two attached hydrogens (primary N) is 1. The molecule has 2 unspecified atom stereocenters. The van der Waals surface area contributed by atoms with Gasteiger partial charge in [0.25, 0.3) is 5.91 Å². The fraction of sp³-hybridized carbons (Fsp3) is 0.385. The van der Waals surface area contributed by atoms with Crippen LogP contribution in [0.4, 0.5) is 4.39 Å². The van der Waals surface area contributed by atoms with E-state index in [1.807, 2.05) is 0 Å². The number of benzene rings is 1. The molecular weight excluding hydrogens is 265 g/mol. The molecule has 0 aliphatic heterocycles. The lowest BCUT2D eigenvalue weighted by molar-refractivity contribution is 0.0930. The number of carbonyl (C=O) groups is 1. The lowest BCUT2D eigenvalue weighted by Gasteiger charge is -2.20. The Labute approximate surface area is 115 Å². The summed E-state index contributed by atoms with van der Waals surface area (Å²) in [7, 11) is 0. The average molecular weight is 281 g/mol. The highest BCUT2D eigenvalue weighted by molar-refractivity contribution is 5.97. The number of halogens is 1. The van der Waals surface area contributed by atoms with Crippen molar-refractivity contribution in [3.63, 3.8) is 0 Å². The summed E-state index contributed by atoms with van der Waals surface area (Å²) in [6, 6.07) is 2.94. The summed E-state index contributed by atoms with van der Waals surface area (Å²) < 4.78 is 12.9. The molecule has 1 saturated carbocycles. The maximum atomic E-state index is 12.9. The maximum Gasteiger partial charge on any atom is 0.255 e. The van der Waals surface area contributed by atoms with E-state index in [0.29, 0.717) is 6.42 Å². The first-order valence-corrected chi connectivity index (χ1v) is 6.29. The number of hydrogen-bond donors (Lipinski definition) is 4. The van der Waals surface area contributed by atoms with E-state index in [-0.39, 0.29) is 23.4 Å². The van der Waals surface area contributed by atoms with Crippen molar-refractivity contribution >= 4 is 11.7 Å². The molecule has 1 amide bonds. The molecule has 1 aliphatic rings. The summed E-state index contributed by atoms with van der Waals surface area (Å²) in [4.78, 5) is 12.1. The van der Waals surface area contributed by atoms with Crippen LogP contribution in [0.5, 0.6) is 5.75 Å². The van der Waals surface area contributed by atoms with Crippen molar-refractivity contribution < 1.29 is 19.5 Å². The molecule has 1 aromatic carbocycles. The molecule has 6 nitrogen and oxygen atoms in total. The van der Waals surface area contributed by atoms with Gasteiger partial charge >= 0.3 is 0 Å². The lowest BCUT2D eigenvalue weighted by Crippen LogP contribution is -2.42. The van der Waals surface area contributed by atoms with Gasteiger partial charge in [0.15, 0.2) is 0 Å². The molecule has 7 heteroatoms. The quantitative estimate of drug-likeness (QED) is 0.289. The van der Waals surface area contributed by atoms with Gasteiger partial charge in [-0.1, -0.05) is 11.6 Å². The molecule has 108 valence electrons. The number of aromatic hydroxyl groups is 1. The molecule has 1 aliphatic carbocycles. The molecule has 0 aromatic heterocycles. The zero-order valence-electron chi connectivity index (χ0n) is 10.7. The highest BCUT2D eigenvalue weighted by atomic mass is 19.1. The molecule has 0 radical (unpaired) electrons. The van der Waals surface area contributed by atoms with Gasteiger partial charge in [0.2, 0.25) is 0 Å². The zero-order valence-corrected chi connectivity index (χ0v) is 10.7. The molecule has 2 rings (SSSR count). The predicted molar refractivity (Wildman–Crippen MR) is 70.1 cm³/mol. The van der Waals surface area contributed by atoms with Gasteiger partial charge in [0.05, 0.1) is 5.56 Å². The maximum absolute atomic E-state index is 12.9. The smallest absolute Gasteiger partial charge is 0.255 e. The summed E-state index contributed by atoms with van der Waals surface area (Å²) >= 11 is 0. The topological polar surface area (TPSA) is 108 Å². The third-order valence-corrected chi connectivity index (χ3v) is 3.53. The van der Waals surface area contributed by atoms with E-state index in [2.05, 4.69) is 10.5 Å². The van der Waals surface area contributed by atoms with Crippen LogP contribution in [0, 0.1) is 11.7 Å². The number of rotatable bonds is 3. The second-order valence-corrected chi connectivity index (χ2v) is 4.80. The molecule has 0 heterocycles. The Bertz CT molecular complexity index is 548. The summed E-state index contributed by atoms with van der Waals surface area (Å²) in [5, 5.41) is 24.0. The second kappa shape index (κ2) is 5.77. The van der Waals surface area contributed by atoms with Gasteiger partial charge in [-0.25, -0.2) is 4.39 Å². The van der Waals surface area contributed by atoms with Gasteiger partial charge in [0.1, 0.15) is 17.4 Å². The summed E-state index contributed by atoms with van der Waals surface area (Å²) in [5.41, 5.74) is 5.58. The first kappa shape index (κ1) is 14.1. The van der Waals surface area contributed by atoms with E-state index in [1.54, 1.807) is 0 Å². The number of amides is 1. The summed E-state index contributed by atoms with van der Waals surface area (Å²) in [6.45, 7) is 0. The molecule has 2 atom stereocenters. The Hall–Kier alpha value is -2.31. The Morgan fingerprint density at radius 2 is 2.20 bits per heavy atom. The summed E-state index contributed by atoms with van der Waals surface area (Å²) in [5.74, 6) is -1.69. The minimum Gasteiger partial charge on any atom is -0.507 e. The fourth-order valence-corrected chi connectivity index (χ4v) is 2.50. The molecular formula is C13H16FN3O3. The van der Waals surface area contributed by atoms with Crippen LogP contribution in [-0.4, -0.2) is 28.1 Å². The standard InChI is InChI=1S/C13H16FN3O3/c14-7-4-5-9(11(18)6-7)13(19)16-10-3-1-2-8(10)12(15)17-20/h4-6,8,10,18,20H,1-3H2,(H2,15,17)(H,16,19). The van der Waals surface area contributed by atoms with Crippen LogP contribution < -0.4 is 11.1 Å². The van der Waals surface area contributed by atoms with Crippen molar-refractivity contribution in [3.05, 3.63) is 29.6 Å². The SMILES string of the molecule is N/C(=N/O)C1CCCC1NC(=O)c1ccc(F)cc1O. The third kappa shape index (κ3) is 2.81. The van der Waals surface area contributed by atoms with Gasteiger partial charge in [-0.2, -0.15) is 0 Å². The molecule has 20 heavy (non-hydrogen) atoms. The number of phenolic OH excluding ortho intramolecular Hbond substituents is 1. The van der Waals surface area contributed by atoms with Crippen molar-refractivity contribution in [1.82, 2.24) is 5.32 Å². The molecule has 0 bridgehead atoms. The number of amidine groups is 1. The first-order chi connectivity index (χ1) is 9.52. The van der Waals surface area contributed by atoms with Gasteiger partial charge in [0, 0.05) is 18.0 Å². The number of oxime groups is 1. The van der Waals surface area contributed by atoms with Gasteiger partial charge in [-0.05, 0) is 25.0 Å². The predicted octanol–water partition coefficient (Wildman–Crippen LogP) is 1.18. The Kier molecular flexibility index (Phi) is 4.07. The molecule has 5 N–H and O–H groups in total. The first-order valence-electron chi connectivity index (χ1n) is 6.29. The average Bonchev–Trinajstić information content (AvgIpc) is 2.85. The molecule has 0 spiro atoms. The number of hydrogen-bond acceptors (Lipinski definition) is 4. The Morgan fingerprint density at radius 1 is 1.45 bits per heavy atom. The number of carbonyl (C=O) groups excluding carboxylic acids is 1. The van der Waals surface area contributed by atoms with Gasteiger partial charge in [-0.3, -0.25) is 4.79 Å². The fourth-order valence-electron chi connectivity index (χ4n) is 2.50. The highest BCUT2D eigenvalue weighted by Gasteiger charge is 2.32. The third-order valence-electron chi connectivity index (χ3n) is 3.53. The van der Waals surface area contributed by atoms with Crippen molar-refractivity contribution in [2.75, 3.05) is 0 Å². The Balaban J connectivity index is 2.11. The monoisotopic (exact) mass is 281 g/mol. The van der Waals surface area contributed by atoms with Crippen LogP contribution in [0.2, 0.25) is 0 Å².